The van der Waals surface area contributed by atoms with Gasteiger partial charge in [-0.05, 0) is 42.3 Å². The normalized spacial score (nSPS) is 11.1. The number of aryl methyl sites for hydroxylation is 1. The first-order valence-corrected chi connectivity index (χ1v) is 10.4. The van der Waals surface area contributed by atoms with Gasteiger partial charge in [0.25, 0.3) is 5.91 Å². The van der Waals surface area contributed by atoms with Crippen LogP contribution in [-0.2, 0) is 6.54 Å². The highest BCUT2D eigenvalue weighted by molar-refractivity contribution is 7.22. The van der Waals surface area contributed by atoms with Gasteiger partial charge >= 0.3 is 0 Å². The molecule has 0 aliphatic carbocycles. The number of hydrogen-bond donors (Lipinski definition) is 0. The summed E-state index contributed by atoms with van der Waals surface area (Å²) in [6.45, 7) is 2.46. The number of fused-ring (bicyclic) bond motifs is 2. The Hall–Kier alpha value is -3.64. The lowest BCUT2D eigenvalue weighted by atomic mass is 10.2. The summed E-state index contributed by atoms with van der Waals surface area (Å²) in [7, 11) is 0. The molecule has 5 rings (SSSR count). The number of carbonyl (C=O) groups is 1. The van der Waals surface area contributed by atoms with Crippen LogP contribution in [0.15, 0.2) is 79.0 Å². The van der Waals surface area contributed by atoms with Gasteiger partial charge in [-0.2, -0.15) is 0 Å². The van der Waals surface area contributed by atoms with Crippen LogP contribution in [0.2, 0.25) is 0 Å². The van der Waals surface area contributed by atoms with Crippen molar-refractivity contribution in [3.05, 3.63) is 95.8 Å². The van der Waals surface area contributed by atoms with E-state index in [1.165, 1.54) is 16.9 Å². The van der Waals surface area contributed by atoms with Crippen LogP contribution in [0, 0.1) is 6.92 Å². The lowest BCUT2D eigenvalue weighted by molar-refractivity contribution is 0.0980. The zero-order chi connectivity index (χ0) is 20.5. The summed E-state index contributed by atoms with van der Waals surface area (Å²) in [5.74, 6) is -0.215. The monoisotopic (exact) mass is 410 g/mol. The van der Waals surface area contributed by atoms with Crippen molar-refractivity contribution in [1.29, 1.82) is 0 Å². The summed E-state index contributed by atoms with van der Waals surface area (Å²) >= 11 is 1.51. The van der Waals surface area contributed by atoms with Gasteiger partial charge in [-0.1, -0.05) is 59.9 Å². The third-order valence-electron chi connectivity index (χ3n) is 4.86. The molecule has 0 radical (unpaired) electrons. The first-order valence-electron chi connectivity index (χ1n) is 9.62. The van der Waals surface area contributed by atoms with Gasteiger partial charge in [-0.25, -0.2) is 9.97 Å². The number of aromatic nitrogens is 3. The van der Waals surface area contributed by atoms with Crippen LogP contribution in [0.3, 0.4) is 0 Å². The largest absolute Gasteiger partial charge is 0.280 e. The van der Waals surface area contributed by atoms with Crippen LogP contribution < -0.4 is 4.90 Å². The Kier molecular flexibility index (Phi) is 4.69. The van der Waals surface area contributed by atoms with Crippen LogP contribution in [0.5, 0.6) is 0 Å². The van der Waals surface area contributed by atoms with Gasteiger partial charge in [0.05, 0.1) is 34.0 Å². The van der Waals surface area contributed by atoms with E-state index in [-0.39, 0.29) is 5.91 Å². The van der Waals surface area contributed by atoms with Crippen molar-refractivity contribution in [3.8, 4) is 0 Å². The molecule has 0 aliphatic heterocycles. The molecular weight excluding hydrogens is 392 g/mol. The maximum absolute atomic E-state index is 13.5. The van der Waals surface area contributed by atoms with Crippen molar-refractivity contribution < 1.29 is 4.79 Å². The molecule has 2 heterocycles. The van der Waals surface area contributed by atoms with E-state index in [1.54, 1.807) is 11.1 Å². The quantitative estimate of drug-likeness (QED) is 0.398. The Morgan fingerprint density at radius 3 is 2.50 bits per heavy atom. The molecule has 146 valence electrons. The average molecular weight is 411 g/mol. The molecule has 0 spiro atoms. The van der Waals surface area contributed by atoms with Crippen molar-refractivity contribution >= 4 is 43.6 Å². The second-order valence-electron chi connectivity index (χ2n) is 7.09. The van der Waals surface area contributed by atoms with E-state index in [9.17, 15) is 4.79 Å². The number of hydrogen-bond acceptors (Lipinski definition) is 5. The van der Waals surface area contributed by atoms with E-state index in [2.05, 4.69) is 23.0 Å². The van der Waals surface area contributed by atoms with Crippen molar-refractivity contribution in [2.24, 2.45) is 0 Å². The molecule has 6 heteroatoms. The maximum atomic E-state index is 13.5. The van der Waals surface area contributed by atoms with Gasteiger partial charge in [-0.3, -0.25) is 14.7 Å². The molecule has 0 unspecified atom stereocenters. The summed E-state index contributed by atoms with van der Waals surface area (Å²) in [4.78, 5) is 28.9. The van der Waals surface area contributed by atoms with Crippen LogP contribution >= 0.6 is 11.3 Å². The van der Waals surface area contributed by atoms with E-state index in [0.717, 1.165) is 21.3 Å². The molecule has 0 N–H and O–H groups in total. The molecule has 3 aromatic carbocycles. The summed E-state index contributed by atoms with van der Waals surface area (Å²) in [5, 5.41) is 0.652. The average Bonchev–Trinajstić information content (AvgIpc) is 3.20. The summed E-state index contributed by atoms with van der Waals surface area (Å²) in [6, 6.07) is 23.6. The zero-order valence-corrected chi connectivity index (χ0v) is 17.1. The topological polar surface area (TPSA) is 59.0 Å². The second-order valence-corrected chi connectivity index (χ2v) is 8.10. The lowest BCUT2D eigenvalue weighted by Crippen LogP contribution is -2.31. The Balaban J connectivity index is 1.59. The molecule has 0 saturated heterocycles. The maximum Gasteiger partial charge on any atom is 0.280 e. The number of para-hydroxylation sites is 2. The van der Waals surface area contributed by atoms with Gasteiger partial charge in [-0.15, -0.1) is 0 Å². The van der Waals surface area contributed by atoms with E-state index in [1.807, 2.05) is 66.7 Å². The van der Waals surface area contributed by atoms with Crippen LogP contribution in [0.1, 0.15) is 21.6 Å². The predicted octanol–water partition coefficient (Wildman–Crippen LogP) is 5.39. The molecule has 1 amide bonds. The smallest absolute Gasteiger partial charge is 0.278 e. The van der Waals surface area contributed by atoms with Crippen molar-refractivity contribution in [3.63, 3.8) is 0 Å². The minimum Gasteiger partial charge on any atom is -0.278 e. The molecular formula is C24H18N4OS. The molecule has 30 heavy (non-hydrogen) atoms. The standard InChI is InChI=1S/C24H18N4OS/c1-16-11-12-20-22(13-16)30-24(27-20)28(15-17-7-3-2-4-8-17)23(29)21-14-25-18-9-5-6-10-19(18)26-21/h2-14H,15H2,1H3. The fourth-order valence-corrected chi connectivity index (χ4v) is 4.39. The third-order valence-corrected chi connectivity index (χ3v) is 5.90. The molecule has 5 aromatic rings. The predicted molar refractivity (Wildman–Crippen MR) is 121 cm³/mol. The Morgan fingerprint density at radius 1 is 0.900 bits per heavy atom. The van der Waals surface area contributed by atoms with Gasteiger partial charge < -0.3 is 0 Å². The number of benzene rings is 3. The number of rotatable bonds is 4. The van der Waals surface area contributed by atoms with Gasteiger partial charge in [0.1, 0.15) is 5.69 Å². The molecule has 5 nitrogen and oxygen atoms in total. The number of carbonyl (C=O) groups excluding carboxylic acids is 1. The summed E-state index contributed by atoms with van der Waals surface area (Å²) < 4.78 is 1.06. The number of amides is 1. The number of nitrogens with zero attached hydrogens (tertiary/aromatic N) is 4. The van der Waals surface area contributed by atoms with Crippen LogP contribution in [0.4, 0.5) is 5.13 Å². The molecule has 0 saturated carbocycles. The number of anilines is 1. The first-order chi connectivity index (χ1) is 14.7. The fourth-order valence-electron chi connectivity index (χ4n) is 3.33. The Morgan fingerprint density at radius 2 is 1.67 bits per heavy atom. The van der Waals surface area contributed by atoms with Gasteiger partial charge in [0.2, 0.25) is 0 Å². The molecule has 2 aromatic heterocycles. The van der Waals surface area contributed by atoms with E-state index in [4.69, 9.17) is 4.98 Å². The number of thiazole rings is 1. The zero-order valence-electron chi connectivity index (χ0n) is 16.3. The minimum absolute atomic E-state index is 0.215. The van der Waals surface area contributed by atoms with Gasteiger partial charge in [0, 0.05) is 0 Å². The second kappa shape index (κ2) is 7.65. The molecule has 0 aliphatic rings. The van der Waals surface area contributed by atoms with Crippen LogP contribution in [-0.4, -0.2) is 20.9 Å². The van der Waals surface area contributed by atoms with Crippen molar-refractivity contribution in [2.45, 2.75) is 13.5 Å². The lowest BCUT2D eigenvalue weighted by Gasteiger charge is -2.19. The Bertz CT molecular complexity index is 1360. The van der Waals surface area contributed by atoms with Gasteiger partial charge in [0.15, 0.2) is 5.13 Å². The van der Waals surface area contributed by atoms with Crippen molar-refractivity contribution in [2.75, 3.05) is 4.90 Å². The highest BCUT2D eigenvalue weighted by Gasteiger charge is 2.23. The van der Waals surface area contributed by atoms with Crippen molar-refractivity contribution in [1.82, 2.24) is 15.0 Å². The molecule has 0 atom stereocenters. The van der Waals surface area contributed by atoms with E-state index >= 15 is 0 Å². The highest BCUT2D eigenvalue weighted by Crippen LogP contribution is 2.31. The summed E-state index contributed by atoms with van der Waals surface area (Å²) in [5.41, 5.74) is 4.84. The fraction of sp³-hybridized carbons (Fsp3) is 0.0833. The molecule has 0 bridgehead atoms. The van der Waals surface area contributed by atoms with E-state index in [0.29, 0.717) is 22.9 Å². The first kappa shape index (κ1) is 18.4. The van der Waals surface area contributed by atoms with E-state index < -0.39 is 0 Å². The van der Waals surface area contributed by atoms with Crippen LogP contribution in [0.25, 0.3) is 21.3 Å². The summed E-state index contributed by atoms with van der Waals surface area (Å²) in [6.07, 6.45) is 1.54. The highest BCUT2D eigenvalue weighted by atomic mass is 32.1. The minimum atomic E-state index is -0.215. The Labute approximate surface area is 177 Å². The molecule has 0 fully saturated rings. The third kappa shape index (κ3) is 3.53. The SMILES string of the molecule is Cc1ccc2nc(N(Cc3ccccc3)C(=O)c3cnc4ccccc4n3)sc2c1.